The third-order valence-corrected chi connectivity index (χ3v) is 3.53. The number of amides is 2. The minimum Gasteiger partial charge on any atom is -0.391 e. The fraction of sp³-hybridized carbons (Fsp3) is 0.562. The van der Waals surface area contributed by atoms with Gasteiger partial charge in [-0.1, -0.05) is 19.4 Å². The van der Waals surface area contributed by atoms with Crippen LogP contribution in [-0.4, -0.2) is 49.3 Å². The van der Waals surface area contributed by atoms with Gasteiger partial charge in [0.1, 0.15) is 11.6 Å². The van der Waals surface area contributed by atoms with Crippen molar-refractivity contribution in [1.29, 1.82) is 0 Å². The van der Waals surface area contributed by atoms with Crippen LogP contribution < -0.4 is 10.6 Å². The van der Waals surface area contributed by atoms with Gasteiger partial charge in [0.2, 0.25) is 0 Å². The van der Waals surface area contributed by atoms with Crippen LogP contribution in [0.3, 0.4) is 0 Å². The molecule has 0 heterocycles. The molecular formula is C16H25F2N3O2. The van der Waals surface area contributed by atoms with Crippen molar-refractivity contribution in [2.75, 3.05) is 27.2 Å². The van der Waals surface area contributed by atoms with Crippen LogP contribution in [0.1, 0.15) is 31.4 Å². The summed E-state index contributed by atoms with van der Waals surface area (Å²) < 4.78 is 27.8. The molecule has 0 aliphatic rings. The van der Waals surface area contributed by atoms with Gasteiger partial charge in [-0.05, 0) is 32.6 Å². The van der Waals surface area contributed by atoms with Crippen molar-refractivity contribution < 1.29 is 18.7 Å². The second-order valence-corrected chi connectivity index (χ2v) is 5.65. The van der Waals surface area contributed by atoms with Crippen LogP contribution in [0, 0.1) is 11.6 Å². The predicted molar refractivity (Wildman–Crippen MR) is 85.1 cm³/mol. The topological polar surface area (TPSA) is 64.6 Å². The van der Waals surface area contributed by atoms with Crippen LogP contribution in [0.4, 0.5) is 13.6 Å². The predicted octanol–water partition coefficient (Wildman–Crippen LogP) is 2.03. The lowest BCUT2D eigenvalue weighted by Crippen LogP contribution is -2.43. The third-order valence-electron chi connectivity index (χ3n) is 3.53. The van der Waals surface area contributed by atoms with Crippen molar-refractivity contribution in [2.24, 2.45) is 0 Å². The Morgan fingerprint density at radius 1 is 1.22 bits per heavy atom. The molecule has 5 nitrogen and oxygen atoms in total. The molecule has 2 amide bonds. The van der Waals surface area contributed by atoms with Crippen LogP contribution in [0.5, 0.6) is 0 Å². The van der Waals surface area contributed by atoms with Crippen molar-refractivity contribution in [2.45, 2.75) is 31.9 Å². The maximum atomic E-state index is 13.9. The highest BCUT2D eigenvalue weighted by Gasteiger charge is 2.22. The summed E-state index contributed by atoms with van der Waals surface area (Å²) in [6.45, 7) is 2.12. The minimum absolute atomic E-state index is 0.0422. The number of rotatable bonds is 8. The third kappa shape index (κ3) is 6.11. The summed E-state index contributed by atoms with van der Waals surface area (Å²) in [5, 5.41) is 14.7. The van der Waals surface area contributed by atoms with E-state index in [4.69, 9.17) is 0 Å². The Balaban J connectivity index is 2.63. The fourth-order valence-corrected chi connectivity index (χ4v) is 2.27. The first-order valence-electron chi connectivity index (χ1n) is 7.66. The molecule has 0 aromatic heterocycles. The van der Waals surface area contributed by atoms with Crippen molar-refractivity contribution in [3.8, 4) is 0 Å². The largest absolute Gasteiger partial charge is 0.391 e. The number of benzene rings is 1. The van der Waals surface area contributed by atoms with Gasteiger partial charge in [0.05, 0.1) is 12.1 Å². The normalized spacial score (nSPS) is 13.7. The molecule has 3 N–H and O–H groups in total. The lowest BCUT2D eigenvalue weighted by molar-refractivity contribution is 0.160. The summed E-state index contributed by atoms with van der Waals surface area (Å²) >= 11 is 0. The number of hydrogen-bond acceptors (Lipinski definition) is 3. The quantitative estimate of drug-likeness (QED) is 0.684. The molecule has 23 heavy (non-hydrogen) atoms. The smallest absolute Gasteiger partial charge is 0.314 e. The molecule has 0 aliphatic heterocycles. The number of aliphatic hydroxyl groups is 1. The highest BCUT2D eigenvalue weighted by molar-refractivity contribution is 5.73. The molecular weight excluding hydrogens is 304 g/mol. The zero-order valence-electron chi connectivity index (χ0n) is 13.8. The number of nitrogens with one attached hydrogen (secondary N) is 2. The van der Waals surface area contributed by atoms with E-state index in [2.05, 4.69) is 10.6 Å². The standard InChI is InChI=1S/C16H25F2N3O2/c1-4-6-11(22)9-19-16(23)20-10-14(21(2)3)15-12(17)7-5-8-13(15)18/h5,7-8,11,14,22H,4,6,9-10H2,1-3H3,(H2,19,20,23). The highest BCUT2D eigenvalue weighted by Crippen LogP contribution is 2.23. The van der Waals surface area contributed by atoms with Gasteiger partial charge in [-0.2, -0.15) is 0 Å². The number of carbonyl (C=O) groups excluding carboxylic acids is 1. The molecule has 0 saturated carbocycles. The first-order chi connectivity index (χ1) is 10.9. The first kappa shape index (κ1) is 19.3. The van der Waals surface area contributed by atoms with E-state index in [1.165, 1.54) is 18.2 Å². The van der Waals surface area contributed by atoms with Gasteiger partial charge in [-0.25, -0.2) is 13.6 Å². The molecule has 0 radical (unpaired) electrons. The Bertz CT molecular complexity index is 492. The van der Waals surface area contributed by atoms with Crippen molar-refractivity contribution in [3.63, 3.8) is 0 Å². The molecule has 0 bridgehead atoms. The molecule has 0 aliphatic carbocycles. The maximum Gasteiger partial charge on any atom is 0.314 e. The SMILES string of the molecule is CCCC(O)CNC(=O)NCC(c1c(F)cccc1F)N(C)C. The molecule has 0 spiro atoms. The van der Waals surface area contributed by atoms with E-state index in [1.54, 1.807) is 19.0 Å². The van der Waals surface area contributed by atoms with Crippen LogP contribution >= 0.6 is 0 Å². The van der Waals surface area contributed by atoms with Crippen LogP contribution in [-0.2, 0) is 0 Å². The molecule has 2 atom stereocenters. The van der Waals surface area contributed by atoms with Gasteiger partial charge >= 0.3 is 6.03 Å². The number of nitrogens with zero attached hydrogens (tertiary/aromatic N) is 1. The summed E-state index contributed by atoms with van der Waals surface area (Å²) in [7, 11) is 3.36. The summed E-state index contributed by atoms with van der Waals surface area (Å²) in [5.74, 6) is -1.30. The zero-order valence-corrected chi connectivity index (χ0v) is 13.8. The molecule has 2 unspecified atom stereocenters. The van der Waals surface area contributed by atoms with Crippen LogP contribution in [0.15, 0.2) is 18.2 Å². The number of hydrogen-bond donors (Lipinski definition) is 3. The summed E-state index contributed by atoms with van der Waals surface area (Å²) in [5.41, 5.74) is -0.0798. The number of carbonyl (C=O) groups is 1. The summed E-state index contributed by atoms with van der Waals surface area (Å²) in [6.07, 6.45) is 0.820. The Labute approximate surface area is 135 Å². The fourth-order valence-electron chi connectivity index (χ4n) is 2.27. The number of likely N-dealkylation sites (N-methyl/N-ethyl adjacent to an activating group) is 1. The second-order valence-electron chi connectivity index (χ2n) is 5.65. The van der Waals surface area contributed by atoms with Gasteiger partial charge in [0.15, 0.2) is 0 Å². The maximum absolute atomic E-state index is 13.9. The molecule has 0 fully saturated rings. The Hall–Kier alpha value is -1.73. The van der Waals surface area contributed by atoms with Gasteiger partial charge < -0.3 is 20.6 Å². The Morgan fingerprint density at radius 3 is 2.30 bits per heavy atom. The van der Waals surface area contributed by atoms with Gasteiger partial charge in [-0.15, -0.1) is 0 Å². The number of halogens is 2. The van der Waals surface area contributed by atoms with E-state index in [-0.39, 0.29) is 18.7 Å². The summed E-state index contributed by atoms with van der Waals surface area (Å²) in [6, 6.07) is 2.56. The highest BCUT2D eigenvalue weighted by atomic mass is 19.1. The molecule has 1 aromatic rings. The monoisotopic (exact) mass is 329 g/mol. The molecule has 130 valence electrons. The van der Waals surface area contributed by atoms with E-state index in [0.29, 0.717) is 6.42 Å². The number of urea groups is 1. The van der Waals surface area contributed by atoms with Crippen LogP contribution in [0.25, 0.3) is 0 Å². The Morgan fingerprint density at radius 2 is 1.78 bits per heavy atom. The molecule has 1 rings (SSSR count). The Kier molecular flexibility index (Phi) is 7.91. The van der Waals surface area contributed by atoms with Crippen LogP contribution in [0.2, 0.25) is 0 Å². The molecule has 7 heteroatoms. The zero-order chi connectivity index (χ0) is 17.4. The molecule has 0 saturated heterocycles. The minimum atomic E-state index is -0.649. The average molecular weight is 329 g/mol. The van der Waals surface area contributed by atoms with E-state index in [1.807, 2.05) is 6.92 Å². The van der Waals surface area contributed by atoms with Gasteiger partial charge in [0.25, 0.3) is 0 Å². The van der Waals surface area contributed by atoms with Crippen molar-refractivity contribution in [1.82, 2.24) is 15.5 Å². The number of aliphatic hydroxyl groups excluding tert-OH is 1. The van der Waals surface area contributed by atoms with E-state index in [9.17, 15) is 18.7 Å². The second kappa shape index (κ2) is 9.42. The van der Waals surface area contributed by atoms with Crippen molar-refractivity contribution in [3.05, 3.63) is 35.4 Å². The lowest BCUT2D eigenvalue weighted by Gasteiger charge is -2.26. The van der Waals surface area contributed by atoms with Gasteiger partial charge in [0, 0.05) is 18.7 Å². The average Bonchev–Trinajstić information content (AvgIpc) is 2.48. The van der Waals surface area contributed by atoms with E-state index in [0.717, 1.165) is 6.42 Å². The molecule has 1 aromatic carbocycles. The summed E-state index contributed by atoms with van der Waals surface area (Å²) in [4.78, 5) is 13.4. The van der Waals surface area contributed by atoms with E-state index >= 15 is 0 Å². The van der Waals surface area contributed by atoms with E-state index < -0.39 is 29.8 Å². The van der Waals surface area contributed by atoms with Crippen molar-refractivity contribution >= 4 is 6.03 Å². The first-order valence-corrected chi connectivity index (χ1v) is 7.66. The van der Waals surface area contributed by atoms with Gasteiger partial charge in [-0.3, -0.25) is 0 Å². The lowest BCUT2D eigenvalue weighted by atomic mass is 10.0.